The van der Waals surface area contributed by atoms with E-state index in [0.29, 0.717) is 23.6 Å². The lowest BCUT2D eigenvalue weighted by atomic mass is 9.82. The molecule has 41 heavy (non-hydrogen) atoms. The van der Waals surface area contributed by atoms with Crippen molar-refractivity contribution in [2.24, 2.45) is 11.8 Å². The molecule has 0 spiro atoms. The highest BCUT2D eigenvalue weighted by Gasteiger charge is 2.39. The normalized spacial score (nSPS) is 24.0. The summed E-state index contributed by atoms with van der Waals surface area (Å²) in [6.07, 6.45) is 7.50. The molecule has 5 atom stereocenters. The van der Waals surface area contributed by atoms with Gasteiger partial charge >= 0.3 is 5.97 Å². The second-order valence-electron chi connectivity index (χ2n) is 12.7. The maximum atomic E-state index is 14.9. The first-order valence-corrected chi connectivity index (χ1v) is 15.2. The predicted octanol–water partition coefficient (Wildman–Crippen LogP) is 7.85. The predicted molar refractivity (Wildman–Crippen MR) is 158 cm³/mol. The highest BCUT2D eigenvalue weighted by atomic mass is 19.1. The number of carboxylic acids is 1. The Morgan fingerprint density at radius 3 is 2.54 bits per heavy atom. The molecular weight excluding hydrogens is 515 g/mol. The molecule has 3 heterocycles. The van der Waals surface area contributed by atoms with Gasteiger partial charge in [0.25, 0.3) is 0 Å². The molecule has 5 nitrogen and oxygen atoms in total. The number of pyridine rings is 1. The van der Waals surface area contributed by atoms with Gasteiger partial charge in [-0.2, -0.15) is 0 Å². The van der Waals surface area contributed by atoms with E-state index < -0.39 is 11.9 Å². The fourth-order valence-electron chi connectivity index (χ4n) is 7.14. The summed E-state index contributed by atoms with van der Waals surface area (Å²) in [7, 11) is 0. The van der Waals surface area contributed by atoms with Crippen LogP contribution in [0.1, 0.15) is 92.8 Å². The van der Waals surface area contributed by atoms with Crippen LogP contribution in [0.3, 0.4) is 0 Å². The molecule has 6 heteroatoms. The summed E-state index contributed by atoms with van der Waals surface area (Å²) >= 11 is 0. The topological polar surface area (TPSA) is 62.7 Å². The summed E-state index contributed by atoms with van der Waals surface area (Å²) in [6.45, 7) is 9.10. The Bertz CT molecular complexity index is 1440. The number of ether oxygens (including phenoxy) is 1. The Morgan fingerprint density at radius 2 is 1.83 bits per heavy atom. The van der Waals surface area contributed by atoms with Gasteiger partial charge in [0, 0.05) is 29.9 Å². The van der Waals surface area contributed by atoms with Crippen LogP contribution in [0.25, 0.3) is 11.1 Å². The number of nitrogens with zero attached hydrogens (tertiary/aromatic N) is 2. The van der Waals surface area contributed by atoms with Gasteiger partial charge in [-0.1, -0.05) is 31.2 Å². The molecule has 2 aromatic carbocycles. The fourth-order valence-corrected chi connectivity index (χ4v) is 7.14. The van der Waals surface area contributed by atoms with Crippen molar-refractivity contribution in [2.45, 2.75) is 96.9 Å². The minimum absolute atomic E-state index is 0.00785. The average molecular weight is 557 g/mol. The summed E-state index contributed by atoms with van der Waals surface area (Å²) < 4.78 is 21.6. The highest BCUT2D eigenvalue weighted by molar-refractivity contribution is 5.71. The Balaban J connectivity index is 1.35. The standard InChI is InChI=1S/C35H41FN2O3/c1-20-15-30(31(36)18-37-20)26-11-13-29(28(16-26)19-38-21(2)5-6-22(38)3)32-14-12-24-7-10-27(17-33(24)41-32)34(25-8-9-25)23(4)35(39)40/h7,10-11,13,15-18,21-23,25,32,34H,5-6,8-9,12,14,19H2,1-4H3,(H,39,40)/t21-,22-,23+,32?,34+/m1/s1. The molecule has 6 rings (SSSR count). The molecular formula is C35H41FN2O3. The van der Waals surface area contributed by atoms with Crippen LogP contribution in [-0.2, 0) is 17.8 Å². The Morgan fingerprint density at radius 1 is 1.07 bits per heavy atom. The van der Waals surface area contributed by atoms with Crippen LogP contribution >= 0.6 is 0 Å². The maximum Gasteiger partial charge on any atom is 0.306 e. The van der Waals surface area contributed by atoms with Crippen LogP contribution in [0.2, 0.25) is 0 Å². The highest BCUT2D eigenvalue weighted by Crippen LogP contribution is 2.48. The zero-order valence-corrected chi connectivity index (χ0v) is 24.6. The fraction of sp³-hybridized carbons (Fsp3) is 0.486. The third-order valence-electron chi connectivity index (χ3n) is 9.76. The second-order valence-corrected chi connectivity index (χ2v) is 12.7. The van der Waals surface area contributed by atoms with E-state index in [-0.39, 0.29) is 17.8 Å². The van der Waals surface area contributed by atoms with Gasteiger partial charge in [0.05, 0.1) is 12.1 Å². The number of hydrogen-bond donors (Lipinski definition) is 1. The molecule has 3 aromatic rings. The molecule has 0 bridgehead atoms. The largest absolute Gasteiger partial charge is 0.485 e. The van der Waals surface area contributed by atoms with Crippen LogP contribution in [0, 0.1) is 24.6 Å². The van der Waals surface area contributed by atoms with Crippen molar-refractivity contribution >= 4 is 5.97 Å². The molecule has 0 amide bonds. The second kappa shape index (κ2) is 11.2. The van der Waals surface area contributed by atoms with E-state index in [4.69, 9.17) is 4.74 Å². The smallest absolute Gasteiger partial charge is 0.306 e. The first-order valence-electron chi connectivity index (χ1n) is 15.2. The third kappa shape index (κ3) is 5.63. The molecule has 216 valence electrons. The van der Waals surface area contributed by atoms with Crippen molar-refractivity contribution in [3.63, 3.8) is 0 Å². The minimum Gasteiger partial charge on any atom is -0.485 e. The minimum atomic E-state index is -0.741. The van der Waals surface area contributed by atoms with E-state index in [1.165, 1.54) is 30.2 Å². The van der Waals surface area contributed by atoms with Crippen LogP contribution in [0.15, 0.2) is 48.7 Å². The van der Waals surface area contributed by atoms with Crippen LogP contribution in [0.5, 0.6) is 5.75 Å². The van der Waals surface area contributed by atoms with Gasteiger partial charge in [-0.3, -0.25) is 14.7 Å². The first kappa shape index (κ1) is 27.9. The summed E-state index contributed by atoms with van der Waals surface area (Å²) in [5, 5.41) is 9.78. The van der Waals surface area contributed by atoms with Gasteiger partial charge in [0.1, 0.15) is 17.7 Å². The Kier molecular flexibility index (Phi) is 7.62. The van der Waals surface area contributed by atoms with Crippen LogP contribution < -0.4 is 4.74 Å². The number of aromatic nitrogens is 1. The molecule has 2 aliphatic heterocycles. The quantitative estimate of drug-likeness (QED) is 0.306. The van der Waals surface area contributed by atoms with Crippen LogP contribution in [0.4, 0.5) is 4.39 Å². The third-order valence-corrected chi connectivity index (χ3v) is 9.76. The molecule has 1 saturated carbocycles. The zero-order valence-electron chi connectivity index (χ0n) is 24.6. The van der Waals surface area contributed by atoms with Gasteiger partial charge < -0.3 is 9.84 Å². The molecule has 1 aliphatic carbocycles. The lowest BCUT2D eigenvalue weighted by Crippen LogP contribution is -2.32. The van der Waals surface area contributed by atoms with Crippen LogP contribution in [-0.4, -0.2) is 33.0 Å². The average Bonchev–Trinajstić information content (AvgIpc) is 3.75. The van der Waals surface area contributed by atoms with Crippen molar-refractivity contribution < 1.29 is 19.0 Å². The van der Waals surface area contributed by atoms with Crippen molar-refractivity contribution in [3.05, 3.63) is 82.4 Å². The van der Waals surface area contributed by atoms with E-state index in [0.717, 1.165) is 60.4 Å². The van der Waals surface area contributed by atoms with Gasteiger partial charge in [-0.15, -0.1) is 0 Å². The van der Waals surface area contributed by atoms with Gasteiger partial charge in [0.15, 0.2) is 0 Å². The number of aliphatic carboxylic acids is 1. The lowest BCUT2D eigenvalue weighted by molar-refractivity contribution is -0.142. The molecule has 2 fully saturated rings. The zero-order chi connectivity index (χ0) is 28.8. The summed E-state index contributed by atoms with van der Waals surface area (Å²) in [6, 6.07) is 15.5. The number of benzene rings is 2. The molecule has 3 aliphatic rings. The van der Waals surface area contributed by atoms with E-state index in [1.807, 2.05) is 26.0 Å². The van der Waals surface area contributed by atoms with Crippen molar-refractivity contribution in [2.75, 3.05) is 0 Å². The maximum absolute atomic E-state index is 14.9. The summed E-state index contributed by atoms with van der Waals surface area (Å²) in [4.78, 5) is 18.6. The van der Waals surface area contributed by atoms with Gasteiger partial charge in [-0.25, -0.2) is 4.39 Å². The first-order chi connectivity index (χ1) is 19.7. The lowest BCUT2D eigenvalue weighted by Gasteiger charge is -2.32. The van der Waals surface area contributed by atoms with Gasteiger partial charge in [-0.05, 0) is 117 Å². The number of rotatable bonds is 8. The molecule has 1 unspecified atom stereocenters. The summed E-state index contributed by atoms with van der Waals surface area (Å²) in [5.41, 5.74) is 6.80. The van der Waals surface area contributed by atoms with E-state index in [1.54, 1.807) is 0 Å². The number of halogens is 1. The Hall–Kier alpha value is -3.25. The van der Waals surface area contributed by atoms with E-state index in [2.05, 4.69) is 54.1 Å². The number of likely N-dealkylation sites (tertiary alicyclic amines) is 1. The number of fused-ring (bicyclic) bond motifs is 1. The van der Waals surface area contributed by atoms with Crippen molar-refractivity contribution in [1.82, 2.24) is 9.88 Å². The molecule has 1 N–H and O–H groups in total. The van der Waals surface area contributed by atoms with Gasteiger partial charge in [0.2, 0.25) is 0 Å². The van der Waals surface area contributed by atoms with Crippen molar-refractivity contribution in [3.8, 4) is 16.9 Å². The number of carboxylic acid groups (broad SMARTS) is 1. The summed E-state index contributed by atoms with van der Waals surface area (Å²) in [5.74, 6) is -0.174. The SMILES string of the molecule is Cc1cc(-c2ccc(C3CCc4ccc([C@H](C5CC5)[C@H](C)C(=O)O)cc4O3)c(CN3[C@H](C)CC[C@H]3C)c2)c(F)cn1. The molecule has 0 radical (unpaired) electrons. The van der Waals surface area contributed by atoms with Crippen molar-refractivity contribution in [1.29, 1.82) is 0 Å². The Labute approximate surface area is 242 Å². The number of aryl methyl sites for hydroxylation is 2. The van der Waals surface area contributed by atoms with E-state index in [9.17, 15) is 14.3 Å². The molecule has 1 saturated heterocycles. The number of hydrogen-bond acceptors (Lipinski definition) is 4. The monoisotopic (exact) mass is 556 g/mol. The van der Waals surface area contributed by atoms with E-state index >= 15 is 0 Å². The molecule has 1 aromatic heterocycles. The number of carbonyl (C=O) groups is 1.